The third-order valence-corrected chi connectivity index (χ3v) is 3.34. The highest BCUT2D eigenvalue weighted by atomic mass is 19.1. The van der Waals surface area contributed by atoms with Gasteiger partial charge >= 0.3 is 5.69 Å². The number of nitrogens with zero attached hydrogens (tertiary/aromatic N) is 1. The Labute approximate surface area is 126 Å². The Morgan fingerprint density at radius 3 is 2.50 bits per heavy atom. The molecule has 2 aromatic carbocycles. The molecule has 5 nitrogen and oxygen atoms in total. The van der Waals surface area contributed by atoms with Gasteiger partial charge in [0, 0.05) is 17.8 Å². The number of halogens is 1. The van der Waals surface area contributed by atoms with Crippen molar-refractivity contribution in [2.75, 3.05) is 5.32 Å². The largest absolute Gasteiger partial charge is 0.325 e. The fourth-order valence-electron chi connectivity index (χ4n) is 2.22. The Morgan fingerprint density at radius 1 is 1.27 bits per heavy atom. The molecular formula is C16H15FN2O3. The van der Waals surface area contributed by atoms with E-state index in [2.05, 4.69) is 5.32 Å². The number of nitrogens with one attached hydrogen (secondary N) is 1. The molecule has 0 heterocycles. The summed E-state index contributed by atoms with van der Waals surface area (Å²) in [4.78, 5) is 22.1. The summed E-state index contributed by atoms with van der Waals surface area (Å²) in [6, 6.07) is 12.6. The molecular weight excluding hydrogens is 287 g/mol. The molecule has 114 valence electrons. The Hall–Kier alpha value is -2.76. The van der Waals surface area contributed by atoms with E-state index in [1.54, 1.807) is 0 Å². The Bertz CT molecular complexity index is 689. The number of anilines is 1. The van der Waals surface area contributed by atoms with Crippen LogP contribution < -0.4 is 5.32 Å². The Balaban J connectivity index is 2.17. The molecule has 0 aromatic heterocycles. The van der Waals surface area contributed by atoms with Crippen molar-refractivity contribution in [1.82, 2.24) is 0 Å². The van der Waals surface area contributed by atoms with Gasteiger partial charge in [-0.15, -0.1) is 0 Å². The highest BCUT2D eigenvalue weighted by Gasteiger charge is 2.20. The number of carbonyl (C=O) groups excluding carboxylic acids is 1. The van der Waals surface area contributed by atoms with Gasteiger partial charge in [0.15, 0.2) is 0 Å². The first-order chi connectivity index (χ1) is 10.5. The zero-order valence-corrected chi connectivity index (χ0v) is 12.0. The molecule has 0 aliphatic rings. The molecule has 2 aromatic rings. The second kappa shape index (κ2) is 6.80. The number of hydrogen-bond donors (Lipinski definition) is 1. The van der Waals surface area contributed by atoms with E-state index in [0.29, 0.717) is 6.42 Å². The molecule has 0 spiro atoms. The molecule has 0 bridgehead atoms. The summed E-state index contributed by atoms with van der Waals surface area (Å²) in [6.45, 7) is 1.88. The van der Waals surface area contributed by atoms with Gasteiger partial charge in [-0.05, 0) is 18.1 Å². The predicted octanol–water partition coefficient (Wildman–Crippen LogP) is 3.87. The van der Waals surface area contributed by atoms with Gasteiger partial charge in [-0.25, -0.2) is 0 Å². The van der Waals surface area contributed by atoms with E-state index < -0.39 is 16.4 Å². The second-order valence-electron chi connectivity index (χ2n) is 4.78. The number of benzene rings is 2. The molecule has 0 saturated heterocycles. The molecule has 0 unspecified atom stereocenters. The smallest absolute Gasteiger partial charge is 0.304 e. The normalized spacial score (nSPS) is 11.7. The first-order valence-electron chi connectivity index (χ1n) is 6.82. The highest BCUT2D eigenvalue weighted by Crippen LogP contribution is 2.24. The van der Waals surface area contributed by atoms with Gasteiger partial charge < -0.3 is 5.32 Å². The van der Waals surface area contributed by atoms with Crippen molar-refractivity contribution in [3.63, 3.8) is 0 Å². The van der Waals surface area contributed by atoms with Crippen molar-refractivity contribution in [3.8, 4) is 0 Å². The van der Waals surface area contributed by atoms with Crippen LogP contribution in [0.4, 0.5) is 15.8 Å². The number of carbonyl (C=O) groups is 1. The minimum absolute atomic E-state index is 0.197. The fourth-order valence-corrected chi connectivity index (χ4v) is 2.22. The maximum Gasteiger partial charge on any atom is 0.304 e. The van der Waals surface area contributed by atoms with Crippen molar-refractivity contribution in [2.45, 2.75) is 19.3 Å². The monoisotopic (exact) mass is 302 g/mol. The van der Waals surface area contributed by atoms with Crippen molar-refractivity contribution in [3.05, 3.63) is 70.0 Å². The molecule has 2 rings (SSSR count). The van der Waals surface area contributed by atoms with Crippen LogP contribution in [0.1, 0.15) is 24.8 Å². The lowest BCUT2D eigenvalue weighted by Crippen LogP contribution is -2.20. The lowest BCUT2D eigenvalue weighted by atomic mass is 9.95. The van der Waals surface area contributed by atoms with E-state index in [1.807, 2.05) is 37.3 Å². The van der Waals surface area contributed by atoms with Crippen LogP contribution in [0.3, 0.4) is 0 Å². The Morgan fingerprint density at radius 2 is 1.95 bits per heavy atom. The number of rotatable bonds is 5. The summed E-state index contributed by atoms with van der Waals surface area (Å²) in [5.41, 5.74) is 0.445. The van der Waals surface area contributed by atoms with Gasteiger partial charge in [-0.3, -0.25) is 14.9 Å². The fraction of sp³-hybridized carbons (Fsp3) is 0.188. The first-order valence-corrected chi connectivity index (χ1v) is 6.82. The summed E-state index contributed by atoms with van der Waals surface area (Å²) >= 11 is 0. The van der Waals surface area contributed by atoms with Crippen molar-refractivity contribution < 1.29 is 14.1 Å². The quantitative estimate of drug-likeness (QED) is 0.673. The van der Waals surface area contributed by atoms with Gasteiger partial charge in [0.25, 0.3) is 0 Å². The van der Waals surface area contributed by atoms with E-state index in [4.69, 9.17) is 0 Å². The summed E-state index contributed by atoms with van der Waals surface area (Å²) in [7, 11) is 0. The average molecular weight is 302 g/mol. The molecule has 6 heteroatoms. The van der Waals surface area contributed by atoms with E-state index in [9.17, 15) is 19.3 Å². The van der Waals surface area contributed by atoms with E-state index in [1.165, 1.54) is 6.07 Å². The predicted molar refractivity (Wildman–Crippen MR) is 81.2 cm³/mol. The number of nitro benzene ring substituents is 1. The molecule has 0 aliphatic heterocycles. The molecule has 1 amide bonds. The van der Waals surface area contributed by atoms with Crippen molar-refractivity contribution >= 4 is 17.3 Å². The lowest BCUT2D eigenvalue weighted by Gasteiger charge is -2.15. The van der Waals surface area contributed by atoms with Crippen LogP contribution in [0.2, 0.25) is 0 Å². The summed E-state index contributed by atoms with van der Waals surface area (Å²) < 4.78 is 13.6. The third kappa shape index (κ3) is 3.46. The van der Waals surface area contributed by atoms with Crippen LogP contribution in [-0.2, 0) is 4.79 Å². The van der Waals surface area contributed by atoms with Crippen molar-refractivity contribution in [2.24, 2.45) is 0 Å². The summed E-state index contributed by atoms with van der Waals surface area (Å²) in [5.74, 6) is -1.61. The van der Waals surface area contributed by atoms with Gasteiger partial charge in [0.1, 0.15) is 0 Å². The van der Waals surface area contributed by atoms with Crippen LogP contribution >= 0.6 is 0 Å². The molecule has 0 radical (unpaired) electrons. The number of hydrogen-bond acceptors (Lipinski definition) is 3. The van der Waals surface area contributed by atoms with E-state index >= 15 is 0 Å². The molecule has 1 atom stereocenters. The average Bonchev–Trinajstić information content (AvgIpc) is 2.48. The molecule has 0 aliphatic carbocycles. The third-order valence-electron chi connectivity index (χ3n) is 3.34. The second-order valence-corrected chi connectivity index (χ2v) is 4.78. The van der Waals surface area contributed by atoms with Crippen LogP contribution in [0.15, 0.2) is 48.5 Å². The standard InChI is InChI=1S/C16H15FN2O3/c1-2-13(11-6-4-3-5-7-11)16(20)18-12-8-9-15(19(21)22)14(17)10-12/h3-10,13H,2H2,1H3,(H,18,20)/t13-/m0/s1. The lowest BCUT2D eigenvalue weighted by molar-refractivity contribution is -0.387. The van der Waals surface area contributed by atoms with Crippen LogP contribution in [0.25, 0.3) is 0 Å². The molecule has 1 N–H and O–H groups in total. The zero-order valence-electron chi connectivity index (χ0n) is 12.0. The SMILES string of the molecule is CC[C@H](C(=O)Nc1ccc([N+](=O)[O-])c(F)c1)c1ccccc1. The number of nitro groups is 1. The van der Waals surface area contributed by atoms with Gasteiger partial charge in [0.05, 0.1) is 10.8 Å². The van der Waals surface area contributed by atoms with Gasteiger partial charge in [-0.1, -0.05) is 37.3 Å². The van der Waals surface area contributed by atoms with Crippen LogP contribution in [0.5, 0.6) is 0 Å². The molecule has 22 heavy (non-hydrogen) atoms. The maximum atomic E-state index is 13.6. The van der Waals surface area contributed by atoms with E-state index in [-0.39, 0.29) is 17.5 Å². The van der Waals surface area contributed by atoms with Gasteiger partial charge in [0.2, 0.25) is 11.7 Å². The molecule has 0 saturated carbocycles. The maximum absolute atomic E-state index is 13.6. The minimum Gasteiger partial charge on any atom is -0.325 e. The minimum atomic E-state index is -0.976. The van der Waals surface area contributed by atoms with Gasteiger partial charge in [-0.2, -0.15) is 4.39 Å². The topological polar surface area (TPSA) is 72.2 Å². The summed E-state index contributed by atoms with van der Waals surface area (Å²) in [5, 5.41) is 13.2. The van der Waals surface area contributed by atoms with Crippen LogP contribution in [-0.4, -0.2) is 10.8 Å². The van der Waals surface area contributed by atoms with E-state index in [0.717, 1.165) is 17.7 Å². The number of amides is 1. The highest BCUT2D eigenvalue weighted by molar-refractivity contribution is 5.95. The van der Waals surface area contributed by atoms with Crippen molar-refractivity contribution in [1.29, 1.82) is 0 Å². The Kier molecular flexibility index (Phi) is 4.83. The first kappa shape index (κ1) is 15.6. The van der Waals surface area contributed by atoms with Crippen LogP contribution in [0, 0.1) is 15.9 Å². The molecule has 0 fully saturated rings. The zero-order chi connectivity index (χ0) is 16.1. The summed E-state index contributed by atoms with van der Waals surface area (Å²) in [6.07, 6.45) is 0.589.